The fourth-order valence-electron chi connectivity index (χ4n) is 0.979. The Morgan fingerprint density at radius 1 is 1.33 bits per heavy atom. The molecule has 0 atom stereocenters. The van der Waals surface area contributed by atoms with Crippen LogP contribution in [0.15, 0.2) is 24.3 Å². The Hall–Kier alpha value is -1.29. The van der Waals surface area contributed by atoms with Crippen LogP contribution in [0.2, 0.25) is 0 Å². The zero-order valence-corrected chi connectivity index (χ0v) is 6.68. The standard InChI is InChI=1S/C11H9F/c12-11-3-1-2-10(8-11)7-6-9-4-5-9/h1-3,8-9H,4-5H2. The second-order valence-electron chi connectivity index (χ2n) is 3.05. The minimum Gasteiger partial charge on any atom is -0.207 e. The highest BCUT2D eigenvalue weighted by Gasteiger charge is 2.17. The molecule has 2 rings (SSSR count). The maximum absolute atomic E-state index is 12.6. The van der Waals surface area contributed by atoms with E-state index in [1.165, 1.54) is 25.0 Å². The third-order valence-corrected chi connectivity index (χ3v) is 1.82. The summed E-state index contributed by atoms with van der Waals surface area (Å²) in [5.74, 6) is 6.41. The lowest BCUT2D eigenvalue weighted by molar-refractivity contribution is 0.627. The SMILES string of the molecule is Fc1cccc(C#CC2CC2)c1. The first-order chi connectivity index (χ1) is 5.84. The largest absolute Gasteiger partial charge is 0.207 e. The molecule has 1 fully saturated rings. The summed E-state index contributed by atoms with van der Waals surface area (Å²) in [6.07, 6.45) is 2.42. The van der Waals surface area contributed by atoms with Crippen LogP contribution in [0.4, 0.5) is 4.39 Å². The molecule has 0 amide bonds. The zero-order valence-electron chi connectivity index (χ0n) is 6.68. The van der Waals surface area contributed by atoms with E-state index in [0.717, 1.165) is 5.56 Å². The maximum Gasteiger partial charge on any atom is 0.124 e. The Labute approximate surface area is 71.4 Å². The monoisotopic (exact) mass is 160 g/mol. The van der Waals surface area contributed by atoms with Crippen molar-refractivity contribution in [2.75, 3.05) is 0 Å². The van der Waals surface area contributed by atoms with E-state index >= 15 is 0 Å². The molecule has 0 heterocycles. The van der Waals surface area contributed by atoms with Crippen LogP contribution >= 0.6 is 0 Å². The number of hydrogen-bond donors (Lipinski definition) is 0. The van der Waals surface area contributed by atoms with E-state index in [-0.39, 0.29) is 5.82 Å². The second kappa shape index (κ2) is 2.98. The van der Waals surface area contributed by atoms with Crippen LogP contribution in [-0.2, 0) is 0 Å². The van der Waals surface area contributed by atoms with Gasteiger partial charge in [-0.3, -0.25) is 0 Å². The molecule has 1 aliphatic carbocycles. The van der Waals surface area contributed by atoms with Gasteiger partial charge in [-0.2, -0.15) is 0 Å². The highest BCUT2D eigenvalue weighted by atomic mass is 19.1. The maximum atomic E-state index is 12.6. The predicted molar refractivity (Wildman–Crippen MR) is 46.0 cm³/mol. The molecular formula is C11H9F. The first-order valence-electron chi connectivity index (χ1n) is 4.12. The van der Waals surface area contributed by atoms with Gasteiger partial charge in [0.1, 0.15) is 5.82 Å². The lowest BCUT2D eigenvalue weighted by Crippen LogP contribution is -1.76. The molecule has 0 aliphatic heterocycles. The van der Waals surface area contributed by atoms with Crippen molar-refractivity contribution < 1.29 is 4.39 Å². The molecule has 1 heteroatoms. The number of rotatable bonds is 0. The van der Waals surface area contributed by atoms with Crippen LogP contribution in [0.1, 0.15) is 18.4 Å². The van der Waals surface area contributed by atoms with Gasteiger partial charge in [0.2, 0.25) is 0 Å². The van der Waals surface area contributed by atoms with Gasteiger partial charge >= 0.3 is 0 Å². The van der Waals surface area contributed by atoms with Gasteiger partial charge in [0, 0.05) is 11.5 Å². The Morgan fingerprint density at radius 3 is 2.83 bits per heavy atom. The first kappa shape index (κ1) is 7.36. The van der Waals surface area contributed by atoms with E-state index in [9.17, 15) is 4.39 Å². The molecule has 0 bridgehead atoms. The summed E-state index contributed by atoms with van der Waals surface area (Å²) in [5, 5.41) is 0. The van der Waals surface area contributed by atoms with Gasteiger partial charge in [0.15, 0.2) is 0 Å². The van der Waals surface area contributed by atoms with Crippen LogP contribution in [0.5, 0.6) is 0 Å². The van der Waals surface area contributed by atoms with Gasteiger partial charge in [0.25, 0.3) is 0 Å². The molecular weight excluding hydrogens is 151 g/mol. The first-order valence-corrected chi connectivity index (χ1v) is 4.12. The fourth-order valence-corrected chi connectivity index (χ4v) is 0.979. The lowest BCUT2D eigenvalue weighted by atomic mass is 10.2. The van der Waals surface area contributed by atoms with Crippen molar-refractivity contribution in [1.29, 1.82) is 0 Å². The topological polar surface area (TPSA) is 0 Å². The van der Waals surface area contributed by atoms with Crippen molar-refractivity contribution in [2.24, 2.45) is 5.92 Å². The Kier molecular flexibility index (Phi) is 1.83. The predicted octanol–water partition coefficient (Wildman–Crippen LogP) is 2.59. The molecule has 0 N–H and O–H groups in total. The molecule has 12 heavy (non-hydrogen) atoms. The molecule has 1 aromatic carbocycles. The molecule has 0 aromatic heterocycles. The summed E-state index contributed by atoms with van der Waals surface area (Å²) in [7, 11) is 0. The second-order valence-corrected chi connectivity index (χ2v) is 3.05. The summed E-state index contributed by atoms with van der Waals surface area (Å²) in [5.41, 5.74) is 0.780. The quantitative estimate of drug-likeness (QED) is 0.512. The Balaban J connectivity index is 2.18. The van der Waals surface area contributed by atoms with Gasteiger partial charge in [-0.15, -0.1) is 0 Å². The minimum absolute atomic E-state index is 0.211. The van der Waals surface area contributed by atoms with Crippen LogP contribution in [0.25, 0.3) is 0 Å². The Morgan fingerprint density at radius 2 is 2.17 bits per heavy atom. The van der Waals surface area contributed by atoms with Crippen LogP contribution in [-0.4, -0.2) is 0 Å². The summed E-state index contributed by atoms with van der Waals surface area (Å²) >= 11 is 0. The van der Waals surface area contributed by atoms with Crippen molar-refractivity contribution in [3.8, 4) is 11.8 Å². The van der Waals surface area contributed by atoms with E-state index in [2.05, 4.69) is 11.8 Å². The zero-order chi connectivity index (χ0) is 8.39. The fraction of sp³-hybridized carbons (Fsp3) is 0.273. The highest BCUT2D eigenvalue weighted by molar-refractivity contribution is 5.35. The van der Waals surface area contributed by atoms with Gasteiger partial charge < -0.3 is 0 Å². The normalized spacial score (nSPS) is 15.1. The molecule has 0 saturated heterocycles. The lowest BCUT2D eigenvalue weighted by Gasteiger charge is -1.88. The van der Waals surface area contributed by atoms with Crippen LogP contribution in [0.3, 0.4) is 0 Å². The molecule has 1 saturated carbocycles. The van der Waals surface area contributed by atoms with Crippen LogP contribution in [0, 0.1) is 23.6 Å². The number of hydrogen-bond acceptors (Lipinski definition) is 0. The van der Waals surface area contributed by atoms with Crippen molar-refractivity contribution >= 4 is 0 Å². The summed E-state index contributed by atoms with van der Waals surface area (Å²) in [6, 6.07) is 6.42. The average Bonchev–Trinajstić information content (AvgIpc) is 2.84. The Bertz CT molecular complexity index is 340. The van der Waals surface area contributed by atoms with Crippen molar-refractivity contribution in [3.05, 3.63) is 35.6 Å². The molecule has 1 aromatic rings. The molecule has 1 aliphatic rings. The third kappa shape index (κ3) is 1.85. The highest BCUT2D eigenvalue weighted by Crippen LogP contribution is 2.27. The van der Waals surface area contributed by atoms with E-state index in [4.69, 9.17) is 0 Å². The molecule has 0 unspecified atom stereocenters. The molecule has 60 valence electrons. The van der Waals surface area contributed by atoms with E-state index in [0.29, 0.717) is 5.92 Å². The molecule has 0 nitrogen and oxygen atoms in total. The van der Waals surface area contributed by atoms with Gasteiger partial charge in [-0.05, 0) is 31.0 Å². The summed E-state index contributed by atoms with van der Waals surface area (Å²) in [6.45, 7) is 0. The van der Waals surface area contributed by atoms with E-state index in [1.807, 2.05) is 6.07 Å². The minimum atomic E-state index is -0.211. The summed E-state index contributed by atoms with van der Waals surface area (Å²) in [4.78, 5) is 0. The van der Waals surface area contributed by atoms with E-state index in [1.54, 1.807) is 6.07 Å². The molecule has 0 radical (unpaired) electrons. The number of benzene rings is 1. The van der Waals surface area contributed by atoms with Crippen molar-refractivity contribution in [3.63, 3.8) is 0 Å². The van der Waals surface area contributed by atoms with Gasteiger partial charge in [0.05, 0.1) is 0 Å². The van der Waals surface area contributed by atoms with Crippen molar-refractivity contribution in [1.82, 2.24) is 0 Å². The average molecular weight is 160 g/mol. The van der Waals surface area contributed by atoms with Crippen LogP contribution < -0.4 is 0 Å². The van der Waals surface area contributed by atoms with Crippen molar-refractivity contribution in [2.45, 2.75) is 12.8 Å². The van der Waals surface area contributed by atoms with Gasteiger partial charge in [-0.1, -0.05) is 17.9 Å². The van der Waals surface area contributed by atoms with Gasteiger partial charge in [-0.25, -0.2) is 4.39 Å². The van der Waals surface area contributed by atoms with E-state index < -0.39 is 0 Å². The summed E-state index contributed by atoms with van der Waals surface area (Å²) < 4.78 is 12.6. The number of halogens is 1. The third-order valence-electron chi connectivity index (χ3n) is 1.82. The smallest absolute Gasteiger partial charge is 0.124 e. The molecule has 0 spiro atoms.